The molecule has 0 aromatic heterocycles. The van der Waals surface area contributed by atoms with Gasteiger partial charge < -0.3 is 10.2 Å². The number of hydrogen-bond acceptors (Lipinski definition) is 3. The Kier molecular flexibility index (Phi) is 6.21. The second-order valence-electron chi connectivity index (χ2n) is 5.35. The van der Waals surface area contributed by atoms with E-state index in [0.717, 1.165) is 6.54 Å². The smallest absolute Gasteiger partial charge is 0.0292 e. The number of piperidine rings is 1. The van der Waals surface area contributed by atoms with Crippen molar-refractivity contribution in [2.24, 2.45) is 0 Å². The number of nitrogens with one attached hydrogen (secondary N) is 1. The first-order valence-corrected chi connectivity index (χ1v) is 8.62. The summed E-state index contributed by atoms with van der Waals surface area (Å²) in [6.45, 7) is 7.11. The third kappa shape index (κ3) is 4.83. The van der Waals surface area contributed by atoms with Crippen LogP contribution in [-0.4, -0.2) is 37.3 Å². The molecule has 0 amide bonds. The summed E-state index contributed by atoms with van der Waals surface area (Å²) >= 11 is 1.80. The number of nitrogens with zero attached hydrogens (tertiary/aromatic N) is 1. The summed E-state index contributed by atoms with van der Waals surface area (Å²) in [7, 11) is 0. The fraction of sp³-hybridized carbons (Fsp3) is 0.625. The second-order valence-corrected chi connectivity index (χ2v) is 6.23. The zero-order chi connectivity index (χ0) is 13.5. The summed E-state index contributed by atoms with van der Waals surface area (Å²) < 4.78 is 0. The lowest BCUT2D eigenvalue weighted by atomic mass is 10.1. The molecule has 0 saturated carbocycles. The van der Waals surface area contributed by atoms with Crippen LogP contribution in [0.25, 0.3) is 0 Å². The minimum absolute atomic E-state index is 0.445. The van der Waals surface area contributed by atoms with Crippen molar-refractivity contribution in [2.75, 3.05) is 32.4 Å². The lowest BCUT2D eigenvalue weighted by Gasteiger charge is -2.27. The van der Waals surface area contributed by atoms with Gasteiger partial charge in [-0.2, -0.15) is 0 Å². The average Bonchev–Trinajstić information content (AvgIpc) is 2.48. The van der Waals surface area contributed by atoms with Crippen LogP contribution in [0, 0.1) is 0 Å². The minimum atomic E-state index is 0.445. The van der Waals surface area contributed by atoms with Gasteiger partial charge >= 0.3 is 0 Å². The molecule has 1 aliphatic heterocycles. The molecule has 1 aromatic rings. The van der Waals surface area contributed by atoms with E-state index in [0.29, 0.717) is 6.04 Å². The lowest BCUT2D eigenvalue weighted by molar-refractivity contribution is 0.227. The van der Waals surface area contributed by atoms with E-state index in [2.05, 4.69) is 47.7 Å². The van der Waals surface area contributed by atoms with Crippen LogP contribution in [-0.2, 0) is 0 Å². The molecule has 0 bridgehead atoms. The third-order valence-corrected chi connectivity index (χ3v) is 4.69. The van der Waals surface area contributed by atoms with Crippen LogP contribution < -0.4 is 5.32 Å². The van der Waals surface area contributed by atoms with E-state index in [1.165, 1.54) is 49.4 Å². The van der Waals surface area contributed by atoms with Crippen LogP contribution in [0.3, 0.4) is 0 Å². The quantitative estimate of drug-likeness (QED) is 0.801. The summed E-state index contributed by atoms with van der Waals surface area (Å²) in [4.78, 5) is 3.92. The number of likely N-dealkylation sites (tertiary alicyclic amines) is 1. The third-order valence-electron chi connectivity index (χ3n) is 3.94. The van der Waals surface area contributed by atoms with Gasteiger partial charge in [-0.15, -0.1) is 11.8 Å². The molecule has 0 spiro atoms. The maximum atomic E-state index is 3.64. The maximum Gasteiger partial charge on any atom is 0.0292 e. The standard InChI is InChI=1S/C16H26N2S/c1-14(15-6-8-16(19-2)9-7-15)17-10-13-18-11-4-3-5-12-18/h6-9,14,17H,3-5,10-13H2,1-2H3. The number of rotatable bonds is 6. The molecule has 3 heteroatoms. The van der Waals surface area contributed by atoms with Crippen molar-refractivity contribution >= 4 is 11.8 Å². The van der Waals surface area contributed by atoms with Crippen LogP contribution in [0.1, 0.15) is 37.8 Å². The van der Waals surface area contributed by atoms with Crippen LogP contribution in [0.4, 0.5) is 0 Å². The molecular formula is C16H26N2S. The summed E-state index contributed by atoms with van der Waals surface area (Å²) in [6.07, 6.45) is 6.30. The van der Waals surface area contributed by atoms with E-state index >= 15 is 0 Å². The Morgan fingerprint density at radius 2 is 1.84 bits per heavy atom. The maximum absolute atomic E-state index is 3.64. The molecule has 2 rings (SSSR count). The van der Waals surface area contributed by atoms with Crippen LogP contribution in [0.15, 0.2) is 29.2 Å². The Hall–Kier alpha value is -0.510. The fourth-order valence-corrected chi connectivity index (χ4v) is 3.04. The van der Waals surface area contributed by atoms with E-state index < -0.39 is 0 Å². The molecule has 1 N–H and O–H groups in total. The predicted molar refractivity (Wildman–Crippen MR) is 84.9 cm³/mol. The highest BCUT2D eigenvalue weighted by atomic mass is 32.2. The molecule has 0 radical (unpaired) electrons. The fourth-order valence-electron chi connectivity index (χ4n) is 2.63. The summed E-state index contributed by atoms with van der Waals surface area (Å²) in [5.41, 5.74) is 1.39. The van der Waals surface area contributed by atoms with Gasteiger partial charge in [0.25, 0.3) is 0 Å². The summed E-state index contributed by atoms with van der Waals surface area (Å²) in [6, 6.07) is 9.35. The van der Waals surface area contributed by atoms with Gasteiger partial charge in [0.15, 0.2) is 0 Å². The minimum Gasteiger partial charge on any atom is -0.309 e. The van der Waals surface area contributed by atoms with Crippen molar-refractivity contribution in [3.05, 3.63) is 29.8 Å². The molecule has 1 aromatic carbocycles. The first-order valence-electron chi connectivity index (χ1n) is 7.39. The SMILES string of the molecule is CSc1ccc(C(C)NCCN2CCCCC2)cc1. The van der Waals surface area contributed by atoms with E-state index in [4.69, 9.17) is 0 Å². The van der Waals surface area contributed by atoms with Crippen molar-refractivity contribution in [2.45, 2.75) is 37.1 Å². The van der Waals surface area contributed by atoms with Crippen LogP contribution in [0.2, 0.25) is 0 Å². The van der Waals surface area contributed by atoms with E-state index in [1.807, 2.05) is 0 Å². The largest absolute Gasteiger partial charge is 0.309 e. The number of thioether (sulfide) groups is 1. The molecule has 1 saturated heterocycles. The summed E-state index contributed by atoms with van der Waals surface area (Å²) in [5, 5.41) is 3.64. The highest BCUT2D eigenvalue weighted by Crippen LogP contribution is 2.18. The van der Waals surface area contributed by atoms with Crippen molar-refractivity contribution in [1.29, 1.82) is 0 Å². The van der Waals surface area contributed by atoms with Gasteiger partial charge in [-0.05, 0) is 56.8 Å². The predicted octanol–water partition coefficient (Wildman–Crippen LogP) is 3.55. The van der Waals surface area contributed by atoms with E-state index in [-0.39, 0.29) is 0 Å². The number of hydrogen-bond donors (Lipinski definition) is 1. The second kappa shape index (κ2) is 7.93. The van der Waals surface area contributed by atoms with Crippen molar-refractivity contribution in [1.82, 2.24) is 10.2 Å². The Morgan fingerprint density at radius 3 is 2.47 bits per heavy atom. The van der Waals surface area contributed by atoms with Gasteiger partial charge in [0.2, 0.25) is 0 Å². The zero-order valence-electron chi connectivity index (χ0n) is 12.2. The van der Waals surface area contributed by atoms with Gasteiger partial charge in [-0.3, -0.25) is 0 Å². The van der Waals surface area contributed by atoms with Gasteiger partial charge in [0.05, 0.1) is 0 Å². The molecule has 1 aliphatic rings. The normalized spacial score (nSPS) is 18.4. The molecule has 106 valence electrons. The molecule has 1 unspecified atom stereocenters. The highest BCUT2D eigenvalue weighted by molar-refractivity contribution is 7.98. The average molecular weight is 278 g/mol. The monoisotopic (exact) mass is 278 g/mol. The van der Waals surface area contributed by atoms with Crippen molar-refractivity contribution < 1.29 is 0 Å². The van der Waals surface area contributed by atoms with Gasteiger partial charge in [-0.1, -0.05) is 18.6 Å². The Balaban J connectivity index is 1.72. The highest BCUT2D eigenvalue weighted by Gasteiger charge is 2.10. The summed E-state index contributed by atoms with van der Waals surface area (Å²) in [5.74, 6) is 0. The Morgan fingerprint density at radius 1 is 1.16 bits per heavy atom. The topological polar surface area (TPSA) is 15.3 Å². The Labute approximate surface area is 122 Å². The molecule has 1 atom stereocenters. The molecule has 1 fully saturated rings. The molecule has 2 nitrogen and oxygen atoms in total. The van der Waals surface area contributed by atoms with Gasteiger partial charge in [0, 0.05) is 24.0 Å². The van der Waals surface area contributed by atoms with Gasteiger partial charge in [-0.25, -0.2) is 0 Å². The van der Waals surface area contributed by atoms with Crippen LogP contribution in [0.5, 0.6) is 0 Å². The zero-order valence-corrected chi connectivity index (χ0v) is 13.0. The lowest BCUT2D eigenvalue weighted by Crippen LogP contribution is -2.36. The number of benzene rings is 1. The molecular weight excluding hydrogens is 252 g/mol. The van der Waals surface area contributed by atoms with E-state index in [1.54, 1.807) is 11.8 Å². The first kappa shape index (κ1) is 14.9. The van der Waals surface area contributed by atoms with Gasteiger partial charge in [0.1, 0.15) is 0 Å². The van der Waals surface area contributed by atoms with E-state index in [9.17, 15) is 0 Å². The van der Waals surface area contributed by atoms with Crippen molar-refractivity contribution in [3.8, 4) is 0 Å². The molecule has 19 heavy (non-hydrogen) atoms. The molecule has 0 aliphatic carbocycles. The van der Waals surface area contributed by atoms with Crippen molar-refractivity contribution in [3.63, 3.8) is 0 Å². The Bertz CT molecular complexity index is 358. The van der Waals surface area contributed by atoms with Crippen LogP contribution >= 0.6 is 11.8 Å². The molecule has 1 heterocycles. The first-order chi connectivity index (χ1) is 9.29.